The summed E-state index contributed by atoms with van der Waals surface area (Å²) in [5, 5.41) is 23.0. The van der Waals surface area contributed by atoms with Crippen LogP contribution in [0.2, 0.25) is 0 Å². The molecule has 174 valence electrons. The van der Waals surface area contributed by atoms with E-state index in [0.717, 1.165) is 29.5 Å². The van der Waals surface area contributed by atoms with E-state index in [9.17, 15) is 14.7 Å². The highest BCUT2D eigenvalue weighted by atomic mass is 16.5. The predicted octanol–water partition coefficient (Wildman–Crippen LogP) is 4.03. The molecule has 1 unspecified atom stereocenters. The highest BCUT2D eigenvalue weighted by molar-refractivity contribution is 5.93. The van der Waals surface area contributed by atoms with Crippen LogP contribution in [0.1, 0.15) is 30.2 Å². The number of rotatable bonds is 8. The summed E-state index contributed by atoms with van der Waals surface area (Å²) < 4.78 is 13.0. The number of carbonyl (C=O) groups is 2. The second-order valence-corrected chi connectivity index (χ2v) is 8.22. The van der Waals surface area contributed by atoms with Gasteiger partial charge in [-0.15, -0.1) is 0 Å². The highest BCUT2D eigenvalue weighted by Gasteiger charge is 2.30. The summed E-state index contributed by atoms with van der Waals surface area (Å²) in [5.41, 5.74) is 3.01. The Bertz CT molecular complexity index is 1340. The van der Waals surface area contributed by atoms with Crippen LogP contribution in [0.15, 0.2) is 59.3 Å². The number of pyridine rings is 1. The molecule has 0 radical (unpaired) electrons. The molecule has 0 spiro atoms. The molecule has 1 aliphatic rings. The Kier molecular flexibility index (Phi) is 5.62. The van der Waals surface area contributed by atoms with E-state index < -0.39 is 12.1 Å². The fourth-order valence-electron chi connectivity index (χ4n) is 3.78. The van der Waals surface area contributed by atoms with Crippen molar-refractivity contribution < 1.29 is 24.0 Å². The zero-order valence-electron chi connectivity index (χ0n) is 18.4. The highest BCUT2D eigenvalue weighted by Crippen LogP contribution is 2.34. The minimum absolute atomic E-state index is 0.00265. The number of fused-ring (bicyclic) bond motifs is 1. The summed E-state index contributed by atoms with van der Waals surface area (Å²) in [6.45, 7) is 1.81. The third-order valence-electron chi connectivity index (χ3n) is 5.67. The molecule has 0 bridgehead atoms. The van der Waals surface area contributed by atoms with Crippen molar-refractivity contribution in [3.05, 3.63) is 66.1 Å². The van der Waals surface area contributed by atoms with Crippen LogP contribution in [-0.4, -0.2) is 38.5 Å². The van der Waals surface area contributed by atoms with Gasteiger partial charge in [-0.2, -0.15) is 5.10 Å². The molecule has 5 rings (SSSR count). The average Bonchev–Trinajstić information content (AvgIpc) is 3.51. The van der Waals surface area contributed by atoms with Crippen molar-refractivity contribution in [1.82, 2.24) is 20.1 Å². The fourth-order valence-corrected chi connectivity index (χ4v) is 3.78. The maximum Gasteiger partial charge on any atom is 0.405 e. The van der Waals surface area contributed by atoms with Crippen molar-refractivity contribution in [2.45, 2.75) is 25.8 Å². The number of hydrogen-bond acceptors (Lipinski definition) is 6. The van der Waals surface area contributed by atoms with Crippen LogP contribution < -0.4 is 15.4 Å². The van der Waals surface area contributed by atoms with Gasteiger partial charge in [0.15, 0.2) is 5.82 Å². The quantitative estimate of drug-likeness (QED) is 0.361. The largest absolute Gasteiger partial charge is 0.472 e. The van der Waals surface area contributed by atoms with Gasteiger partial charge in [-0.3, -0.25) is 4.79 Å². The first-order chi connectivity index (χ1) is 16.5. The Labute approximate surface area is 194 Å². The number of amides is 2. The smallest absolute Gasteiger partial charge is 0.405 e. The molecule has 10 heteroatoms. The third-order valence-corrected chi connectivity index (χ3v) is 5.67. The van der Waals surface area contributed by atoms with Crippen molar-refractivity contribution in [2.24, 2.45) is 5.92 Å². The summed E-state index contributed by atoms with van der Waals surface area (Å²) in [4.78, 5) is 23.3. The SMILES string of the molecule is Cc1onc(OCC(NC(=O)O)c2ccccc2)c1-c1ccn2nc(NC(=O)C3CC3)cc2c1. The summed E-state index contributed by atoms with van der Waals surface area (Å²) >= 11 is 0. The van der Waals surface area contributed by atoms with E-state index in [4.69, 9.17) is 9.26 Å². The zero-order chi connectivity index (χ0) is 23.7. The Morgan fingerprint density at radius 1 is 1.24 bits per heavy atom. The topological polar surface area (TPSA) is 131 Å². The van der Waals surface area contributed by atoms with Gasteiger partial charge < -0.3 is 25.0 Å². The second kappa shape index (κ2) is 8.89. The number of hydrogen-bond donors (Lipinski definition) is 3. The molecule has 1 fully saturated rings. The van der Waals surface area contributed by atoms with Crippen LogP contribution in [0.4, 0.5) is 10.6 Å². The second-order valence-electron chi connectivity index (χ2n) is 8.22. The van der Waals surface area contributed by atoms with Gasteiger partial charge in [0.1, 0.15) is 12.4 Å². The van der Waals surface area contributed by atoms with Gasteiger partial charge in [0.25, 0.3) is 5.88 Å². The minimum Gasteiger partial charge on any atom is -0.472 e. The summed E-state index contributed by atoms with van der Waals surface area (Å²) in [6.07, 6.45) is 2.48. The molecule has 1 atom stereocenters. The lowest BCUT2D eigenvalue weighted by Crippen LogP contribution is -2.31. The van der Waals surface area contributed by atoms with E-state index >= 15 is 0 Å². The van der Waals surface area contributed by atoms with Gasteiger partial charge in [0.2, 0.25) is 5.91 Å². The van der Waals surface area contributed by atoms with E-state index in [1.165, 1.54) is 0 Å². The van der Waals surface area contributed by atoms with Gasteiger partial charge in [-0.25, -0.2) is 9.31 Å². The maximum atomic E-state index is 12.1. The molecule has 1 aromatic carbocycles. The first-order valence-electron chi connectivity index (χ1n) is 10.9. The zero-order valence-corrected chi connectivity index (χ0v) is 18.4. The van der Waals surface area contributed by atoms with Gasteiger partial charge in [0.05, 0.1) is 17.1 Å². The third kappa shape index (κ3) is 4.56. The number of benzene rings is 1. The molecule has 3 heterocycles. The standard InChI is InChI=1S/C24H23N5O5/c1-14-21(17-9-10-29-18(11-17)12-20(27-29)26-22(30)16-7-8-16)23(28-34-14)33-13-19(25-24(31)32)15-5-3-2-4-6-15/h2-6,9-12,16,19,25H,7-8,13H2,1H3,(H,31,32)(H,26,27,30). The molecule has 4 aromatic rings. The van der Waals surface area contributed by atoms with Crippen molar-refractivity contribution in [3.63, 3.8) is 0 Å². The minimum atomic E-state index is -1.15. The summed E-state index contributed by atoms with van der Waals surface area (Å²) in [5.74, 6) is 1.41. The first-order valence-corrected chi connectivity index (χ1v) is 10.9. The number of nitrogens with zero attached hydrogens (tertiary/aromatic N) is 3. The molecule has 3 aromatic heterocycles. The van der Waals surface area contributed by atoms with Crippen LogP contribution in [-0.2, 0) is 4.79 Å². The van der Waals surface area contributed by atoms with Gasteiger partial charge >= 0.3 is 6.09 Å². The molecule has 1 aliphatic carbocycles. The Morgan fingerprint density at radius 3 is 2.76 bits per heavy atom. The van der Waals surface area contributed by atoms with Crippen LogP contribution in [0.5, 0.6) is 5.88 Å². The molecule has 2 amide bonds. The number of nitrogens with one attached hydrogen (secondary N) is 2. The molecule has 0 saturated heterocycles. The monoisotopic (exact) mass is 461 g/mol. The van der Waals surface area contributed by atoms with Gasteiger partial charge in [-0.05, 0) is 48.2 Å². The van der Waals surface area contributed by atoms with Crippen molar-refractivity contribution in [3.8, 4) is 17.0 Å². The van der Waals surface area contributed by atoms with Crippen LogP contribution in [0.25, 0.3) is 16.6 Å². The number of carboxylic acid groups (broad SMARTS) is 1. The number of anilines is 1. The predicted molar refractivity (Wildman–Crippen MR) is 123 cm³/mol. The van der Waals surface area contributed by atoms with Gasteiger partial charge in [0, 0.05) is 18.2 Å². The normalized spacial score (nSPS) is 14.0. The summed E-state index contributed by atoms with van der Waals surface area (Å²) in [6, 6.07) is 14.1. The number of carbonyl (C=O) groups excluding carboxylic acids is 1. The van der Waals surface area contributed by atoms with E-state index in [1.54, 1.807) is 23.7 Å². The lowest BCUT2D eigenvalue weighted by atomic mass is 10.1. The molecule has 1 saturated carbocycles. The molecule has 10 nitrogen and oxygen atoms in total. The van der Waals surface area contributed by atoms with E-state index in [-0.39, 0.29) is 24.3 Å². The van der Waals surface area contributed by atoms with E-state index in [2.05, 4.69) is 20.9 Å². The summed E-state index contributed by atoms with van der Waals surface area (Å²) in [7, 11) is 0. The molecular weight excluding hydrogens is 438 g/mol. The van der Waals surface area contributed by atoms with Crippen LogP contribution >= 0.6 is 0 Å². The first kappa shape index (κ1) is 21.5. The molecule has 3 N–H and O–H groups in total. The molecule has 34 heavy (non-hydrogen) atoms. The Morgan fingerprint density at radius 2 is 2.03 bits per heavy atom. The lowest BCUT2D eigenvalue weighted by Gasteiger charge is -2.17. The maximum absolute atomic E-state index is 12.1. The van der Waals surface area contributed by atoms with E-state index in [0.29, 0.717) is 17.1 Å². The lowest BCUT2D eigenvalue weighted by molar-refractivity contribution is -0.117. The Balaban J connectivity index is 1.38. The van der Waals surface area contributed by atoms with Crippen molar-refractivity contribution in [2.75, 3.05) is 11.9 Å². The van der Waals surface area contributed by atoms with Crippen molar-refractivity contribution >= 4 is 23.3 Å². The van der Waals surface area contributed by atoms with Gasteiger partial charge in [-0.1, -0.05) is 30.3 Å². The number of ether oxygens (including phenoxy) is 1. The molecule has 0 aliphatic heterocycles. The number of aryl methyl sites for hydroxylation is 1. The average molecular weight is 461 g/mol. The van der Waals surface area contributed by atoms with E-state index in [1.807, 2.05) is 42.5 Å². The Hall–Kier alpha value is -4.34. The number of aromatic nitrogens is 3. The van der Waals surface area contributed by atoms with Crippen molar-refractivity contribution in [1.29, 1.82) is 0 Å². The molecular formula is C24H23N5O5. The fraction of sp³-hybridized carbons (Fsp3) is 0.250. The van der Waals surface area contributed by atoms with Crippen LogP contribution in [0.3, 0.4) is 0 Å². The van der Waals surface area contributed by atoms with Crippen LogP contribution in [0, 0.1) is 12.8 Å².